The van der Waals surface area contributed by atoms with E-state index < -0.39 is 36.3 Å². The number of nitrogens with zero attached hydrogens (tertiary/aromatic N) is 7. The van der Waals surface area contributed by atoms with E-state index in [9.17, 15) is 31.5 Å². The number of nitrogens with one attached hydrogen (secondary N) is 1. The molecular weight excluding hydrogens is 621 g/mol. The summed E-state index contributed by atoms with van der Waals surface area (Å²) in [5.74, 6) is -8.70. The number of amides is 2. The van der Waals surface area contributed by atoms with Crippen molar-refractivity contribution in [2.24, 2.45) is 5.73 Å². The molecule has 0 spiro atoms. The predicted octanol–water partition coefficient (Wildman–Crippen LogP) is 4.03. The van der Waals surface area contributed by atoms with Crippen LogP contribution in [-0.2, 0) is 12.5 Å². The molecule has 1 aromatic carbocycles. The van der Waals surface area contributed by atoms with Crippen molar-refractivity contribution in [1.82, 2.24) is 35.0 Å². The Morgan fingerprint density at radius 1 is 1.15 bits per heavy atom. The Balaban J connectivity index is 1.74. The molecule has 3 heterocycles. The Labute approximate surface area is 228 Å². The fourth-order valence-corrected chi connectivity index (χ4v) is 4.05. The molecule has 4 rings (SSSR count). The highest BCUT2D eigenvalue weighted by atomic mass is 79.9. The van der Waals surface area contributed by atoms with Crippen LogP contribution in [-0.4, -0.2) is 53.0 Å². The molecule has 2 amide bonds. The number of pyridine rings is 1. The van der Waals surface area contributed by atoms with Crippen LogP contribution in [0.1, 0.15) is 37.9 Å². The van der Waals surface area contributed by atoms with Gasteiger partial charge in [-0.15, -0.1) is 10.2 Å². The number of aromatic nitrogens is 7. The molecule has 0 unspecified atom stereocenters. The molecular formula is C21H14BrClF5N9O2. The van der Waals surface area contributed by atoms with Crippen molar-refractivity contribution in [1.29, 1.82) is 0 Å². The number of carbonyl (C=O) groups is 2. The van der Waals surface area contributed by atoms with Crippen LogP contribution >= 0.6 is 27.5 Å². The van der Waals surface area contributed by atoms with Gasteiger partial charge in [-0.05, 0) is 64.0 Å². The zero-order valence-corrected chi connectivity index (χ0v) is 21.7. The Morgan fingerprint density at radius 3 is 2.51 bits per heavy atom. The monoisotopic (exact) mass is 633 g/mol. The zero-order valence-electron chi connectivity index (χ0n) is 19.3. The molecule has 3 N–H and O–H groups in total. The standard InChI is InChI=1S/C21H14BrClF5N9O2/c1-9-5-10(23)6-12(16(29)38)15(9)31-18(39)14-7-11(33-37(14)17-13(22)3-2-4-30-17)8-36-34-19(32-35-36)20(24,25)21(26,27)28/h2-7H,8H2,1H3,(H2,29,38)(H,31,39). The second-order valence-corrected chi connectivity index (χ2v) is 9.21. The van der Waals surface area contributed by atoms with E-state index in [1.807, 2.05) is 0 Å². The van der Waals surface area contributed by atoms with Gasteiger partial charge in [-0.3, -0.25) is 9.59 Å². The largest absolute Gasteiger partial charge is 0.461 e. The third-order valence-electron chi connectivity index (χ3n) is 5.13. The number of tetrazole rings is 1. The number of aryl methyl sites for hydroxylation is 1. The molecule has 0 fully saturated rings. The van der Waals surface area contributed by atoms with E-state index in [-0.39, 0.29) is 33.5 Å². The smallest absolute Gasteiger partial charge is 0.366 e. The molecule has 0 aliphatic heterocycles. The maximum atomic E-state index is 13.6. The van der Waals surface area contributed by atoms with Crippen molar-refractivity contribution >= 4 is 45.0 Å². The van der Waals surface area contributed by atoms with Crippen LogP contribution in [0.4, 0.5) is 27.6 Å². The second kappa shape index (κ2) is 10.3. The van der Waals surface area contributed by atoms with Gasteiger partial charge in [-0.1, -0.05) is 11.6 Å². The molecule has 0 saturated carbocycles. The molecule has 18 heteroatoms. The van der Waals surface area contributed by atoms with E-state index in [2.05, 4.69) is 46.7 Å². The minimum absolute atomic E-state index is 0.0278. The van der Waals surface area contributed by atoms with Crippen LogP contribution < -0.4 is 11.1 Å². The molecule has 3 aromatic heterocycles. The number of nitrogens with two attached hydrogens (primary N) is 1. The van der Waals surface area contributed by atoms with Crippen LogP contribution in [0.5, 0.6) is 0 Å². The zero-order chi connectivity index (χ0) is 28.7. The summed E-state index contributed by atoms with van der Waals surface area (Å²) in [6, 6.07) is 7.16. The predicted molar refractivity (Wildman–Crippen MR) is 129 cm³/mol. The van der Waals surface area contributed by atoms with Crippen molar-refractivity contribution in [2.45, 2.75) is 25.6 Å². The van der Waals surface area contributed by atoms with Crippen molar-refractivity contribution in [2.75, 3.05) is 5.32 Å². The topological polar surface area (TPSA) is 146 Å². The summed E-state index contributed by atoms with van der Waals surface area (Å²) in [5.41, 5.74) is 5.67. The molecule has 39 heavy (non-hydrogen) atoms. The van der Waals surface area contributed by atoms with Crippen LogP contribution in [0.2, 0.25) is 5.02 Å². The van der Waals surface area contributed by atoms with Crippen molar-refractivity contribution in [3.8, 4) is 5.82 Å². The number of hydrogen-bond acceptors (Lipinski definition) is 7. The lowest BCUT2D eigenvalue weighted by atomic mass is 10.1. The first kappa shape index (κ1) is 28.0. The van der Waals surface area contributed by atoms with Crippen molar-refractivity contribution < 1.29 is 31.5 Å². The van der Waals surface area contributed by atoms with Gasteiger partial charge in [0, 0.05) is 11.2 Å². The fraction of sp³-hybridized carbons (Fsp3) is 0.190. The first-order valence-electron chi connectivity index (χ1n) is 10.5. The average Bonchev–Trinajstić information content (AvgIpc) is 3.48. The number of halogens is 7. The molecule has 0 atom stereocenters. The second-order valence-electron chi connectivity index (χ2n) is 7.92. The Morgan fingerprint density at radius 2 is 1.87 bits per heavy atom. The maximum Gasteiger partial charge on any atom is 0.461 e. The SMILES string of the molecule is Cc1cc(Cl)cc(C(N)=O)c1NC(=O)c1cc(Cn2nnc(C(F)(F)C(F)(F)F)n2)nn1-c1ncccc1Br. The van der Waals surface area contributed by atoms with Gasteiger partial charge in [0.25, 0.3) is 17.6 Å². The lowest BCUT2D eigenvalue weighted by Gasteiger charge is -2.14. The van der Waals surface area contributed by atoms with Crippen LogP contribution in [0, 0.1) is 6.92 Å². The lowest BCUT2D eigenvalue weighted by molar-refractivity contribution is -0.292. The van der Waals surface area contributed by atoms with Crippen LogP contribution in [0.25, 0.3) is 5.82 Å². The van der Waals surface area contributed by atoms with E-state index in [0.29, 0.717) is 14.8 Å². The van der Waals surface area contributed by atoms with Crippen LogP contribution in [0.3, 0.4) is 0 Å². The highest BCUT2D eigenvalue weighted by molar-refractivity contribution is 9.10. The van der Waals surface area contributed by atoms with Crippen molar-refractivity contribution in [3.63, 3.8) is 0 Å². The maximum absolute atomic E-state index is 13.6. The molecule has 4 aromatic rings. The number of carbonyl (C=O) groups excluding carboxylic acids is 2. The third-order valence-corrected chi connectivity index (χ3v) is 5.97. The number of primary amides is 1. The van der Waals surface area contributed by atoms with Crippen molar-refractivity contribution in [3.05, 3.63) is 74.4 Å². The van der Waals surface area contributed by atoms with Gasteiger partial charge >= 0.3 is 12.1 Å². The summed E-state index contributed by atoms with van der Waals surface area (Å²) in [6.07, 6.45) is -4.52. The summed E-state index contributed by atoms with van der Waals surface area (Å²) >= 11 is 9.29. The third kappa shape index (κ3) is 5.58. The minimum Gasteiger partial charge on any atom is -0.366 e. The first-order valence-corrected chi connectivity index (χ1v) is 11.7. The Hall–Kier alpha value is -3.99. The molecule has 0 aliphatic rings. The summed E-state index contributed by atoms with van der Waals surface area (Å²) in [6.45, 7) is 1.04. The average molecular weight is 635 g/mol. The van der Waals surface area contributed by atoms with Crippen LogP contribution in [0.15, 0.2) is 41.0 Å². The number of anilines is 1. The van der Waals surface area contributed by atoms with E-state index in [1.165, 1.54) is 24.4 Å². The van der Waals surface area contributed by atoms with Gasteiger partial charge in [0.1, 0.15) is 12.2 Å². The highest BCUT2D eigenvalue weighted by Gasteiger charge is 2.62. The fourth-order valence-electron chi connectivity index (χ4n) is 3.35. The molecule has 0 bridgehead atoms. The van der Waals surface area contributed by atoms with Gasteiger partial charge in [-0.25, -0.2) is 9.67 Å². The summed E-state index contributed by atoms with van der Waals surface area (Å²) in [5, 5.41) is 16.2. The number of alkyl halides is 5. The molecule has 0 radical (unpaired) electrons. The lowest BCUT2D eigenvalue weighted by Crippen LogP contribution is -2.35. The summed E-state index contributed by atoms with van der Waals surface area (Å²) in [4.78, 5) is 29.9. The molecule has 0 aliphatic carbocycles. The van der Waals surface area contributed by atoms with Gasteiger partial charge < -0.3 is 11.1 Å². The Bertz CT molecular complexity index is 1590. The number of benzene rings is 1. The van der Waals surface area contributed by atoms with Gasteiger partial charge in [0.2, 0.25) is 0 Å². The quantitative estimate of drug-likeness (QED) is 0.292. The molecule has 0 saturated heterocycles. The molecule has 204 valence electrons. The molecule has 11 nitrogen and oxygen atoms in total. The normalized spacial score (nSPS) is 12.0. The number of rotatable bonds is 7. The van der Waals surface area contributed by atoms with E-state index in [1.54, 1.807) is 19.1 Å². The van der Waals surface area contributed by atoms with E-state index >= 15 is 0 Å². The highest BCUT2D eigenvalue weighted by Crippen LogP contribution is 2.41. The van der Waals surface area contributed by atoms with E-state index in [0.717, 1.165) is 4.68 Å². The van der Waals surface area contributed by atoms with Gasteiger partial charge in [-0.2, -0.15) is 31.8 Å². The first-order chi connectivity index (χ1) is 18.2. The summed E-state index contributed by atoms with van der Waals surface area (Å²) in [7, 11) is 0. The Kier molecular flexibility index (Phi) is 7.40. The minimum atomic E-state index is -5.93. The van der Waals surface area contributed by atoms with Gasteiger partial charge in [0.05, 0.1) is 21.4 Å². The summed E-state index contributed by atoms with van der Waals surface area (Å²) < 4.78 is 66.6. The van der Waals surface area contributed by atoms with E-state index in [4.69, 9.17) is 17.3 Å². The number of hydrogen-bond donors (Lipinski definition) is 2. The van der Waals surface area contributed by atoms with Gasteiger partial charge in [0.15, 0.2) is 5.82 Å².